The van der Waals surface area contributed by atoms with E-state index < -0.39 is 0 Å². The van der Waals surface area contributed by atoms with Crippen molar-refractivity contribution in [2.45, 2.75) is 18.9 Å². The number of fused-ring (bicyclic) bond motifs is 1. The molecule has 1 aromatic carbocycles. The Morgan fingerprint density at radius 2 is 2.35 bits per heavy atom. The lowest BCUT2D eigenvalue weighted by molar-refractivity contribution is 0.154. The van der Waals surface area contributed by atoms with Crippen molar-refractivity contribution in [3.63, 3.8) is 0 Å². The third-order valence-electron chi connectivity index (χ3n) is 3.26. The summed E-state index contributed by atoms with van der Waals surface area (Å²) < 4.78 is 1.11. The van der Waals surface area contributed by atoms with Gasteiger partial charge in [-0.2, -0.15) is 0 Å². The first-order chi connectivity index (χ1) is 8.25. The second-order valence-electron chi connectivity index (χ2n) is 4.44. The highest BCUT2D eigenvalue weighted by Crippen LogP contribution is 2.33. The lowest BCUT2D eigenvalue weighted by atomic mass is 10.1. The Hall–Kier alpha value is -1.33. The maximum atomic E-state index is 9.71. The number of hydrogen-bond donors (Lipinski definition) is 2. The molecule has 0 saturated carbocycles. The van der Waals surface area contributed by atoms with Crippen molar-refractivity contribution in [1.29, 1.82) is 0 Å². The number of hydrogen-bond acceptors (Lipinski definition) is 5. The zero-order chi connectivity index (χ0) is 11.8. The van der Waals surface area contributed by atoms with E-state index in [2.05, 4.69) is 16.0 Å². The van der Waals surface area contributed by atoms with Crippen molar-refractivity contribution in [3.05, 3.63) is 17.6 Å². The van der Waals surface area contributed by atoms with Crippen LogP contribution in [0.15, 0.2) is 17.6 Å². The largest absolute Gasteiger partial charge is 0.395 e. The van der Waals surface area contributed by atoms with Gasteiger partial charge in [-0.3, -0.25) is 0 Å². The normalized spacial score (nSPS) is 21.0. The van der Waals surface area contributed by atoms with Crippen LogP contribution in [0, 0.1) is 0 Å². The Bertz CT molecular complexity index is 540. The van der Waals surface area contributed by atoms with Crippen LogP contribution in [0.1, 0.15) is 12.8 Å². The fourth-order valence-corrected chi connectivity index (χ4v) is 3.08. The van der Waals surface area contributed by atoms with Crippen LogP contribution in [0.5, 0.6) is 0 Å². The van der Waals surface area contributed by atoms with Gasteiger partial charge in [0.15, 0.2) is 0 Å². The van der Waals surface area contributed by atoms with Crippen molar-refractivity contribution >= 4 is 32.9 Å². The summed E-state index contributed by atoms with van der Waals surface area (Å²) in [6.45, 7) is 1.62. The molecule has 0 aliphatic carbocycles. The molecule has 90 valence electrons. The first-order valence-corrected chi connectivity index (χ1v) is 6.68. The summed E-state index contributed by atoms with van der Waals surface area (Å²) >= 11 is 1.60. The third-order valence-corrected chi connectivity index (χ3v) is 4.05. The first kappa shape index (κ1) is 10.8. The molecule has 0 radical (unpaired) electrons. The van der Waals surface area contributed by atoms with E-state index in [9.17, 15) is 5.11 Å². The standard InChI is InChI=1S/C12H15N3OS/c13-11-9(15-5-1-2-8(16)6-15)3-4-10-12(11)14-7-17-10/h3-4,7-8,16H,1-2,5-6,13H2. The SMILES string of the molecule is Nc1c(N2CCCC(O)C2)ccc2scnc12. The molecule has 1 fully saturated rings. The molecule has 1 aliphatic rings. The summed E-state index contributed by atoms with van der Waals surface area (Å²) in [6, 6.07) is 4.09. The Labute approximate surface area is 104 Å². The number of nitrogens with two attached hydrogens (primary N) is 1. The van der Waals surface area contributed by atoms with Crippen molar-refractivity contribution in [2.24, 2.45) is 0 Å². The van der Waals surface area contributed by atoms with E-state index in [1.807, 2.05) is 11.6 Å². The summed E-state index contributed by atoms with van der Waals surface area (Å²) in [6.07, 6.45) is 1.65. The van der Waals surface area contributed by atoms with Crippen molar-refractivity contribution in [3.8, 4) is 0 Å². The monoisotopic (exact) mass is 249 g/mol. The van der Waals surface area contributed by atoms with Crippen molar-refractivity contribution < 1.29 is 5.11 Å². The Balaban J connectivity index is 2.01. The minimum atomic E-state index is -0.241. The summed E-state index contributed by atoms with van der Waals surface area (Å²) in [4.78, 5) is 6.45. The highest BCUT2D eigenvalue weighted by atomic mass is 32.1. The summed E-state index contributed by atoms with van der Waals surface area (Å²) in [5.41, 5.74) is 10.6. The van der Waals surface area contributed by atoms with E-state index >= 15 is 0 Å². The van der Waals surface area contributed by atoms with Gasteiger partial charge < -0.3 is 15.7 Å². The van der Waals surface area contributed by atoms with E-state index in [4.69, 9.17) is 5.73 Å². The van der Waals surface area contributed by atoms with Crippen LogP contribution in [-0.4, -0.2) is 29.3 Å². The van der Waals surface area contributed by atoms with Gasteiger partial charge >= 0.3 is 0 Å². The Morgan fingerprint density at radius 3 is 3.18 bits per heavy atom. The van der Waals surface area contributed by atoms with Crippen molar-refractivity contribution in [2.75, 3.05) is 23.7 Å². The zero-order valence-corrected chi connectivity index (χ0v) is 10.3. The van der Waals surface area contributed by atoms with Gasteiger partial charge in [-0.15, -0.1) is 11.3 Å². The highest BCUT2D eigenvalue weighted by molar-refractivity contribution is 7.16. The number of benzene rings is 1. The molecule has 1 aliphatic heterocycles. The summed E-state index contributed by atoms with van der Waals surface area (Å²) in [5.74, 6) is 0. The molecule has 5 heteroatoms. The quantitative estimate of drug-likeness (QED) is 0.757. The van der Waals surface area contributed by atoms with E-state index in [-0.39, 0.29) is 6.10 Å². The van der Waals surface area contributed by atoms with E-state index in [0.29, 0.717) is 6.54 Å². The van der Waals surface area contributed by atoms with E-state index in [1.165, 1.54) is 0 Å². The predicted octanol–water partition coefficient (Wildman–Crippen LogP) is 1.84. The van der Waals surface area contributed by atoms with Gasteiger partial charge in [-0.25, -0.2) is 4.98 Å². The van der Waals surface area contributed by atoms with E-state index in [1.54, 1.807) is 11.3 Å². The number of nitrogens with zero attached hydrogens (tertiary/aromatic N) is 2. The minimum absolute atomic E-state index is 0.241. The van der Waals surface area contributed by atoms with Crippen molar-refractivity contribution in [1.82, 2.24) is 4.98 Å². The van der Waals surface area contributed by atoms with E-state index in [0.717, 1.165) is 41.0 Å². The number of aliphatic hydroxyl groups is 1. The van der Waals surface area contributed by atoms with Gasteiger partial charge in [0.1, 0.15) is 5.52 Å². The highest BCUT2D eigenvalue weighted by Gasteiger charge is 2.20. The molecule has 1 unspecified atom stereocenters. The second-order valence-corrected chi connectivity index (χ2v) is 5.33. The number of piperidine rings is 1. The maximum absolute atomic E-state index is 9.71. The molecule has 1 aromatic heterocycles. The average molecular weight is 249 g/mol. The predicted molar refractivity (Wildman–Crippen MR) is 71.5 cm³/mol. The number of rotatable bonds is 1. The number of aromatic nitrogens is 1. The maximum Gasteiger partial charge on any atom is 0.106 e. The number of nitrogen functional groups attached to an aromatic ring is 1. The number of aliphatic hydroxyl groups excluding tert-OH is 1. The van der Waals surface area contributed by atoms with Crippen LogP contribution in [0.2, 0.25) is 0 Å². The van der Waals surface area contributed by atoms with Crippen LogP contribution in [0.3, 0.4) is 0 Å². The number of thiazole rings is 1. The average Bonchev–Trinajstić information content (AvgIpc) is 2.78. The molecule has 0 amide bonds. The Kier molecular flexibility index (Phi) is 2.64. The minimum Gasteiger partial charge on any atom is -0.395 e. The fourth-order valence-electron chi connectivity index (χ4n) is 2.39. The summed E-state index contributed by atoms with van der Waals surface area (Å²) in [7, 11) is 0. The molecule has 3 N–H and O–H groups in total. The van der Waals surface area contributed by atoms with Crippen LogP contribution in [-0.2, 0) is 0 Å². The third kappa shape index (κ3) is 1.85. The van der Waals surface area contributed by atoms with Gasteiger partial charge in [0.2, 0.25) is 0 Å². The molecule has 17 heavy (non-hydrogen) atoms. The molecule has 0 bridgehead atoms. The lowest BCUT2D eigenvalue weighted by Crippen LogP contribution is -2.38. The van der Waals surface area contributed by atoms with Gasteiger partial charge in [0.25, 0.3) is 0 Å². The van der Waals surface area contributed by atoms with Crippen LogP contribution < -0.4 is 10.6 Å². The molecule has 3 rings (SSSR count). The van der Waals surface area contributed by atoms with Gasteiger partial charge in [0.05, 0.1) is 27.7 Å². The first-order valence-electron chi connectivity index (χ1n) is 5.80. The van der Waals surface area contributed by atoms with Crippen LogP contribution >= 0.6 is 11.3 Å². The molecule has 0 spiro atoms. The Morgan fingerprint density at radius 1 is 1.47 bits per heavy atom. The lowest BCUT2D eigenvalue weighted by Gasteiger charge is -2.32. The smallest absolute Gasteiger partial charge is 0.106 e. The summed E-state index contributed by atoms with van der Waals surface area (Å²) in [5, 5.41) is 9.71. The molecule has 1 saturated heterocycles. The van der Waals surface area contributed by atoms with Crippen LogP contribution in [0.4, 0.5) is 11.4 Å². The van der Waals surface area contributed by atoms with Gasteiger partial charge in [0, 0.05) is 13.1 Å². The molecule has 2 aromatic rings. The topological polar surface area (TPSA) is 62.4 Å². The zero-order valence-electron chi connectivity index (χ0n) is 9.47. The molecule has 2 heterocycles. The van der Waals surface area contributed by atoms with Crippen LogP contribution in [0.25, 0.3) is 10.2 Å². The fraction of sp³-hybridized carbons (Fsp3) is 0.417. The number of β-amino-alcohol motifs (C(OH)–C–C–N with tert-alkyl or cyclic N) is 1. The molecular weight excluding hydrogens is 234 g/mol. The number of anilines is 2. The molecular formula is C12H15N3OS. The molecule has 4 nitrogen and oxygen atoms in total. The molecule has 1 atom stereocenters. The van der Waals surface area contributed by atoms with Gasteiger partial charge in [-0.05, 0) is 25.0 Å². The second kappa shape index (κ2) is 4.16. The van der Waals surface area contributed by atoms with Gasteiger partial charge in [-0.1, -0.05) is 0 Å².